The number of benzene rings is 1. The highest BCUT2D eigenvalue weighted by Crippen LogP contribution is 2.24. The van der Waals surface area contributed by atoms with Crippen molar-refractivity contribution in [3.63, 3.8) is 0 Å². The number of aliphatic carboxylic acids is 1. The first kappa shape index (κ1) is 18.1. The zero-order valence-electron chi connectivity index (χ0n) is 15.2. The van der Waals surface area contributed by atoms with Crippen molar-refractivity contribution < 1.29 is 9.90 Å². The van der Waals surface area contributed by atoms with Crippen molar-refractivity contribution in [3.8, 4) is 11.3 Å². The van der Waals surface area contributed by atoms with Crippen LogP contribution in [0.1, 0.15) is 18.4 Å². The van der Waals surface area contributed by atoms with Gasteiger partial charge in [-0.25, -0.2) is 9.78 Å². The van der Waals surface area contributed by atoms with Gasteiger partial charge in [-0.2, -0.15) is 0 Å². The number of carbonyl (C=O) groups is 1. The van der Waals surface area contributed by atoms with Crippen molar-refractivity contribution in [2.45, 2.75) is 18.9 Å². The Morgan fingerprint density at radius 3 is 2.73 bits per heavy atom. The van der Waals surface area contributed by atoms with Crippen LogP contribution in [0.2, 0.25) is 0 Å². The van der Waals surface area contributed by atoms with Gasteiger partial charge in [0.15, 0.2) is 0 Å². The second-order valence-corrected chi connectivity index (χ2v) is 6.74. The van der Waals surface area contributed by atoms with E-state index in [1.54, 1.807) is 12.3 Å². The first-order valence-electron chi connectivity index (χ1n) is 8.78. The molecule has 2 aromatic rings. The Hall–Kier alpha value is -2.73. The summed E-state index contributed by atoms with van der Waals surface area (Å²) < 4.78 is 0. The van der Waals surface area contributed by atoms with Gasteiger partial charge >= 0.3 is 5.97 Å². The van der Waals surface area contributed by atoms with Crippen molar-refractivity contribution in [2.75, 3.05) is 32.1 Å². The van der Waals surface area contributed by atoms with Crippen LogP contribution in [0.4, 0.5) is 5.82 Å². The summed E-state index contributed by atoms with van der Waals surface area (Å²) in [6.07, 6.45) is 8.51. The fourth-order valence-corrected chi connectivity index (χ4v) is 3.23. The highest BCUT2D eigenvalue weighted by atomic mass is 16.4. The van der Waals surface area contributed by atoms with E-state index in [1.165, 1.54) is 0 Å². The Kier molecular flexibility index (Phi) is 5.63. The molecule has 1 saturated heterocycles. The topological polar surface area (TPSA) is 69.6 Å². The number of hydrogen-bond acceptors (Lipinski definition) is 5. The average molecular weight is 352 g/mol. The molecule has 1 N–H and O–H groups in total. The lowest BCUT2D eigenvalue weighted by molar-refractivity contribution is -0.131. The van der Waals surface area contributed by atoms with Crippen molar-refractivity contribution in [1.29, 1.82) is 0 Å². The van der Waals surface area contributed by atoms with Gasteiger partial charge in [-0.1, -0.05) is 18.2 Å². The second-order valence-electron chi connectivity index (χ2n) is 6.74. The molecule has 0 atom stereocenters. The van der Waals surface area contributed by atoms with Crippen LogP contribution in [-0.2, 0) is 4.79 Å². The van der Waals surface area contributed by atoms with Crippen LogP contribution in [-0.4, -0.2) is 59.2 Å². The van der Waals surface area contributed by atoms with Crippen LogP contribution in [0, 0.1) is 0 Å². The zero-order chi connectivity index (χ0) is 18.5. The molecule has 6 nitrogen and oxygen atoms in total. The second kappa shape index (κ2) is 8.10. The lowest BCUT2D eigenvalue weighted by Gasteiger charge is -2.35. The van der Waals surface area contributed by atoms with Gasteiger partial charge in [0.05, 0.1) is 18.1 Å². The molecular weight excluding hydrogens is 328 g/mol. The number of hydrogen-bond donors (Lipinski definition) is 1. The SMILES string of the molecule is CN(C)C1CCN(c2cncc(-c3cccc(/C=C/C(=O)O)c3)n2)CC1. The Morgan fingerprint density at radius 1 is 1.27 bits per heavy atom. The Morgan fingerprint density at radius 2 is 2.04 bits per heavy atom. The third kappa shape index (κ3) is 4.46. The van der Waals surface area contributed by atoms with E-state index in [0.717, 1.165) is 54.6 Å². The molecule has 0 aliphatic carbocycles. The summed E-state index contributed by atoms with van der Waals surface area (Å²) in [7, 11) is 4.26. The van der Waals surface area contributed by atoms with E-state index in [4.69, 9.17) is 10.1 Å². The maximum absolute atomic E-state index is 10.7. The smallest absolute Gasteiger partial charge is 0.328 e. The summed E-state index contributed by atoms with van der Waals surface area (Å²) in [5, 5.41) is 8.78. The van der Waals surface area contributed by atoms with E-state index in [9.17, 15) is 4.79 Å². The summed E-state index contributed by atoms with van der Waals surface area (Å²) in [5.41, 5.74) is 2.54. The maximum atomic E-state index is 10.7. The number of piperidine rings is 1. The molecule has 0 bridgehead atoms. The molecule has 6 heteroatoms. The van der Waals surface area contributed by atoms with Gasteiger partial charge in [-0.3, -0.25) is 4.98 Å². The Balaban J connectivity index is 1.78. The third-order valence-electron chi connectivity index (χ3n) is 4.74. The van der Waals surface area contributed by atoms with Crippen molar-refractivity contribution in [1.82, 2.24) is 14.9 Å². The van der Waals surface area contributed by atoms with E-state index < -0.39 is 5.97 Å². The molecule has 0 spiro atoms. The molecule has 0 unspecified atom stereocenters. The molecule has 0 amide bonds. The third-order valence-corrected chi connectivity index (χ3v) is 4.74. The molecule has 1 aromatic heterocycles. The first-order valence-corrected chi connectivity index (χ1v) is 8.78. The van der Waals surface area contributed by atoms with Gasteiger partial charge in [-0.15, -0.1) is 0 Å². The number of aromatic nitrogens is 2. The summed E-state index contributed by atoms with van der Waals surface area (Å²) in [4.78, 5) is 24.4. The minimum atomic E-state index is -0.960. The van der Waals surface area contributed by atoms with Crippen molar-refractivity contribution in [3.05, 3.63) is 48.3 Å². The van der Waals surface area contributed by atoms with Crippen molar-refractivity contribution >= 4 is 17.9 Å². The summed E-state index contributed by atoms with van der Waals surface area (Å²) >= 11 is 0. The average Bonchev–Trinajstić information content (AvgIpc) is 2.67. The largest absolute Gasteiger partial charge is 0.478 e. The molecular formula is C20H24N4O2. The van der Waals surface area contributed by atoms with E-state index >= 15 is 0 Å². The number of rotatable bonds is 5. The van der Waals surface area contributed by atoms with Gasteiger partial charge in [0.2, 0.25) is 0 Å². The predicted octanol–water partition coefficient (Wildman–Crippen LogP) is 2.77. The number of nitrogens with zero attached hydrogens (tertiary/aromatic N) is 4. The first-order chi connectivity index (χ1) is 12.5. The van der Waals surface area contributed by atoms with Crippen LogP contribution in [0.15, 0.2) is 42.7 Å². The van der Waals surface area contributed by atoms with Crippen LogP contribution in [0.5, 0.6) is 0 Å². The van der Waals surface area contributed by atoms with E-state index in [2.05, 4.69) is 28.9 Å². The summed E-state index contributed by atoms with van der Waals surface area (Å²) in [6, 6.07) is 8.27. The number of carboxylic acids is 1. The monoisotopic (exact) mass is 352 g/mol. The molecule has 2 heterocycles. The minimum Gasteiger partial charge on any atom is -0.478 e. The van der Waals surface area contributed by atoms with E-state index in [-0.39, 0.29) is 0 Å². The molecule has 1 fully saturated rings. The van der Waals surface area contributed by atoms with Gasteiger partial charge in [0, 0.05) is 30.8 Å². The number of carboxylic acid groups (broad SMARTS) is 1. The fourth-order valence-electron chi connectivity index (χ4n) is 3.23. The highest BCUT2D eigenvalue weighted by Gasteiger charge is 2.21. The molecule has 0 radical (unpaired) electrons. The molecule has 26 heavy (non-hydrogen) atoms. The predicted molar refractivity (Wildman–Crippen MR) is 103 cm³/mol. The molecule has 1 aliphatic rings. The van der Waals surface area contributed by atoms with Crippen LogP contribution < -0.4 is 4.90 Å². The van der Waals surface area contributed by atoms with E-state index in [1.807, 2.05) is 30.5 Å². The van der Waals surface area contributed by atoms with Gasteiger partial charge in [0.1, 0.15) is 5.82 Å². The standard InChI is InChI=1S/C20H24N4O2/c1-23(2)17-8-10-24(11-9-17)19-14-21-13-18(22-19)16-5-3-4-15(12-16)6-7-20(25)26/h3-7,12-14,17H,8-11H2,1-2H3,(H,25,26)/b7-6+. The van der Waals surface area contributed by atoms with Crippen molar-refractivity contribution in [2.24, 2.45) is 0 Å². The summed E-state index contributed by atoms with van der Waals surface area (Å²) in [5.74, 6) is -0.0653. The van der Waals surface area contributed by atoms with Crippen LogP contribution in [0.25, 0.3) is 17.3 Å². The molecule has 3 rings (SSSR count). The van der Waals surface area contributed by atoms with Crippen LogP contribution in [0.3, 0.4) is 0 Å². The Labute approximate surface area is 153 Å². The minimum absolute atomic E-state index is 0.625. The molecule has 136 valence electrons. The molecule has 0 saturated carbocycles. The van der Waals surface area contributed by atoms with Gasteiger partial charge in [0.25, 0.3) is 0 Å². The molecule has 1 aliphatic heterocycles. The number of anilines is 1. The van der Waals surface area contributed by atoms with Crippen LogP contribution >= 0.6 is 0 Å². The molecule has 1 aromatic carbocycles. The van der Waals surface area contributed by atoms with Gasteiger partial charge in [-0.05, 0) is 44.6 Å². The lowest BCUT2D eigenvalue weighted by Crippen LogP contribution is -2.42. The highest BCUT2D eigenvalue weighted by molar-refractivity contribution is 5.85. The zero-order valence-corrected chi connectivity index (χ0v) is 15.2. The van der Waals surface area contributed by atoms with E-state index in [0.29, 0.717) is 6.04 Å². The maximum Gasteiger partial charge on any atom is 0.328 e. The summed E-state index contributed by atoms with van der Waals surface area (Å²) in [6.45, 7) is 1.95. The van der Waals surface area contributed by atoms with Gasteiger partial charge < -0.3 is 14.9 Å². The Bertz CT molecular complexity index is 796. The normalized spacial score (nSPS) is 15.7. The lowest BCUT2D eigenvalue weighted by atomic mass is 10.0. The fraction of sp³-hybridized carbons (Fsp3) is 0.350. The quantitative estimate of drug-likeness (QED) is 0.835.